The van der Waals surface area contributed by atoms with Gasteiger partial charge in [-0.2, -0.15) is 0 Å². The Labute approximate surface area is 140 Å². The summed E-state index contributed by atoms with van der Waals surface area (Å²) in [5.74, 6) is 0.632. The molecule has 1 aromatic heterocycles. The number of hydrogen-bond acceptors (Lipinski definition) is 3. The van der Waals surface area contributed by atoms with E-state index in [1.807, 2.05) is 24.3 Å². The van der Waals surface area contributed by atoms with Crippen molar-refractivity contribution in [3.8, 4) is 5.75 Å². The van der Waals surface area contributed by atoms with E-state index in [0.29, 0.717) is 5.70 Å². The molecule has 3 rings (SSSR count). The molecule has 0 unspecified atom stereocenters. The number of rotatable bonds is 4. The minimum Gasteiger partial charge on any atom is -0.497 e. The molecule has 1 saturated heterocycles. The Kier molecular flexibility index (Phi) is 4.79. The van der Waals surface area contributed by atoms with Crippen LogP contribution in [0, 0.1) is 0 Å². The van der Waals surface area contributed by atoms with Crippen LogP contribution >= 0.6 is 0 Å². The van der Waals surface area contributed by atoms with Gasteiger partial charge in [0.2, 0.25) is 0 Å². The normalized spacial score (nSPS) is 14.7. The van der Waals surface area contributed by atoms with Crippen molar-refractivity contribution in [2.75, 3.05) is 20.2 Å². The highest BCUT2D eigenvalue weighted by Gasteiger charge is 2.23. The van der Waals surface area contributed by atoms with E-state index in [4.69, 9.17) is 4.74 Å². The maximum Gasteiger partial charge on any atom is 0.270 e. The molecule has 0 bridgehead atoms. The fourth-order valence-electron chi connectivity index (χ4n) is 2.80. The molecule has 0 atom stereocenters. The first-order valence-electron chi connectivity index (χ1n) is 8.02. The van der Waals surface area contributed by atoms with Crippen LogP contribution in [0.3, 0.4) is 0 Å². The quantitative estimate of drug-likeness (QED) is 0.812. The van der Waals surface area contributed by atoms with Crippen LogP contribution in [0.1, 0.15) is 18.4 Å². The van der Waals surface area contributed by atoms with E-state index >= 15 is 0 Å². The van der Waals surface area contributed by atoms with Gasteiger partial charge in [-0.3, -0.25) is 14.2 Å². The number of aromatic nitrogens is 1. The van der Waals surface area contributed by atoms with E-state index in [9.17, 15) is 9.59 Å². The molecule has 24 heavy (non-hydrogen) atoms. The van der Waals surface area contributed by atoms with Crippen molar-refractivity contribution in [2.24, 2.45) is 0 Å². The number of methoxy groups -OCH3 is 1. The lowest BCUT2D eigenvalue weighted by molar-refractivity contribution is -0.124. The van der Waals surface area contributed by atoms with Gasteiger partial charge in [-0.15, -0.1) is 0 Å². The Bertz CT molecular complexity index is 800. The molecule has 0 N–H and O–H groups in total. The second-order valence-corrected chi connectivity index (χ2v) is 5.71. The zero-order chi connectivity index (χ0) is 16.9. The minimum atomic E-state index is -0.218. The third-order valence-electron chi connectivity index (χ3n) is 4.11. The molecule has 2 heterocycles. The number of carbonyl (C=O) groups excluding carboxylic acids is 1. The summed E-state index contributed by atoms with van der Waals surface area (Å²) in [5, 5.41) is 0. The molecule has 1 amide bonds. The van der Waals surface area contributed by atoms with Crippen molar-refractivity contribution in [2.45, 2.75) is 12.8 Å². The predicted molar refractivity (Wildman–Crippen MR) is 93.7 cm³/mol. The third-order valence-corrected chi connectivity index (χ3v) is 4.11. The van der Waals surface area contributed by atoms with Gasteiger partial charge in [0.1, 0.15) is 11.4 Å². The summed E-state index contributed by atoms with van der Waals surface area (Å²) in [4.78, 5) is 26.9. The second kappa shape index (κ2) is 7.17. The predicted octanol–water partition coefficient (Wildman–Crippen LogP) is 2.48. The van der Waals surface area contributed by atoms with Crippen LogP contribution in [0.2, 0.25) is 0 Å². The third kappa shape index (κ3) is 3.40. The van der Waals surface area contributed by atoms with E-state index in [2.05, 4.69) is 0 Å². The summed E-state index contributed by atoms with van der Waals surface area (Å²) in [6, 6.07) is 12.3. The Balaban J connectivity index is 2.03. The fourth-order valence-corrected chi connectivity index (χ4v) is 2.80. The minimum absolute atomic E-state index is 0.114. The summed E-state index contributed by atoms with van der Waals surface area (Å²) < 4.78 is 6.56. The van der Waals surface area contributed by atoms with Gasteiger partial charge in [0, 0.05) is 25.4 Å². The highest BCUT2D eigenvalue weighted by molar-refractivity contribution is 6.18. The Morgan fingerprint density at radius 1 is 1.08 bits per heavy atom. The molecule has 1 aliphatic rings. The van der Waals surface area contributed by atoms with E-state index in [1.54, 1.807) is 36.4 Å². The number of nitrogens with zero attached hydrogens (tertiary/aromatic N) is 2. The summed E-state index contributed by atoms with van der Waals surface area (Å²) in [6.07, 6.45) is 5.39. The second-order valence-electron chi connectivity index (χ2n) is 5.71. The molecule has 0 aliphatic carbocycles. The standard InChI is InChI=1S/C19H20N2O3/c1-24-16-9-7-15(8-10-16)14-17(19(23)20-11-4-5-12-20)21-13-3-2-6-18(21)22/h2-3,6-10,13-14H,4-5,11-12H2,1H3/b17-14+. The van der Waals surface area contributed by atoms with Crippen LogP contribution in [-0.2, 0) is 4.79 Å². The highest BCUT2D eigenvalue weighted by atomic mass is 16.5. The smallest absolute Gasteiger partial charge is 0.270 e. The van der Waals surface area contributed by atoms with Gasteiger partial charge in [-0.25, -0.2) is 0 Å². The molecule has 1 aliphatic heterocycles. The molecule has 5 nitrogen and oxygen atoms in total. The van der Waals surface area contributed by atoms with E-state index in [-0.39, 0.29) is 11.5 Å². The summed E-state index contributed by atoms with van der Waals surface area (Å²) >= 11 is 0. The van der Waals surface area contributed by atoms with Crippen molar-refractivity contribution in [3.63, 3.8) is 0 Å². The average Bonchev–Trinajstić information content (AvgIpc) is 3.15. The highest BCUT2D eigenvalue weighted by Crippen LogP contribution is 2.19. The van der Waals surface area contributed by atoms with Gasteiger partial charge < -0.3 is 9.64 Å². The molecule has 5 heteroatoms. The first kappa shape index (κ1) is 16.1. The molecule has 124 valence electrons. The monoisotopic (exact) mass is 324 g/mol. The van der Waals surface area contributed by atoms with E-state index in [0.717, 1.165) is 37.2 Å². The molecule has 1 aromatic carbocycles. The van der Waals surface area contributed by atoms with Crippen molar-refractivity contribution in [3.05, 3.63) is 64.6 Å². The van der Waals surface area contributed by atoms with Crippen LogP contribution in [0.4, 0.5) is 0 Å². The van der Waals surface area contributed by atoms with Crippen molar-refractivity contribution >= 4 is 17.7 Å². The van der Waals surface area contributed by atoms with Crippen molar-refractivity contribution < 1.29 is 9.53 Å². The number of pyridine rings is 1. The summed E-state index contributed by atoms with van der Waals surface area (Å²) in [5.41, 5.74) is 0.992. The van der Waals surface area contributed by atoms with Gasteiger partial charge in [-0.1, -0.05) is 18.2 Å². The van der Waals surface area contributed by atoms with Gasteiger partial charge in [0.25, 0.3) is 11.5 Å². The Morgan fingerprint density at radius 3 is 2.42 bits per heavy atom. The lowest BCUT2D eigenvalue weighted by Gasteiger charge is -2.18. The molecule has 1 fully saturated rings. The largest absolute Gasteiger partial charge is 0.497 e. The topological polar surface area (TPSA) is 51.5 Å². The average molecular weight is 324 g/mol. The van der Waals surface area contributed by atoms with E-state index in [1.165, 1.54) is 10.6 Å². The zero-order valence-corrected chi connectivity index (χ0v) is 13.6. The van der Waals surface area contributed by atoms with Gasteiger partial charge in [-0.05, 0) is 42.7 Å². The molecular weight excluding hydrogens is 304 g/mol. The molecule has 0 spiro atoms. The lowest BCUT2D eigenvalue weighted by Crippen LogP contribution is -2.33. The molecule has 2 aromatic rings. The van der Waals surface area contributed by atoms with Gasteiger partial charge in [0.05, 0.1) is 7.11 Å². The van der Waals surface area contributed by atoms with Crippen molar-refractivity contribution in [1.82, 2.24) is 9.47 Å². The van der Waals surface area contributed by atoms with Crippen LogP contribution in [0.5, 0.6) is 5.75 Å². The fraction of sp³-hybridized carbons (Fsp3) is 0.263. The Morgan fingerprint density at radius 2 is 1.79 bits per heavy atom. The first-order valence-corrected chi connectivity index (χ1v) is 8.02. The molecule has 0 radical (unpaired) electrons. The van der Waals surface area contributed by atoms with Crippen LogP contribution < -0.4 is 10.3 Å². The first-order chi connectivity index (χ1) is 11.7. The van der Waals surface area contributed by atoms with Crippen LogP contribution in [0.15, 0.2) is 53.5 Å². The zero-order valence-electron chi connectivity index (χ0n) is 13.6. The number of likely N-dealkylation sites (tertiary alicyclic amines) is 1. The Hall–Kier alpha value is -2.82. The van der Waals surface area contributed by atoms with Crippen LogP contribution in [-0.4, -0.2) is 35.6 Å². The molecule has 0 saturated carbocycles. The maximum atomic E-state index is 12.9. The summed E-state index contributed by atoms with van der Waals surface area (Å²) in [7, 11) is 1.61. The maximum absolute atomic E-state index is 12.9. The lowest BCUT2D eigenvalue weighted by atomic mass is 10.1. The van der Waals surface area contributed by atoms with Crippen LogP contribution in [0.25, 0.3) is 11.8 Å². The SMILES string of the molecule is COc1ccc(/C=C(\C(=O)N2CCCC2)n2ccccc2=O)cc1. The number of hydrogen-bond donors (Lipinski definition) is 0. The molecular formula is C19H20N2O3. The number of carbonyl (C=O) groups is 1. The van der Waals surface area contributed by atoms with Crippen molar-refractivity contribution in [1.29, 1.82) is 0 Å². The van der Waals surface area contributed by atoms with Gasteiger partial charge in [0.15, 0.2) is 0 Å². The number of ether oxygens (including phenoxy) is 1. The summed E-state index contributed by atoms with van der Waals surface area (Å²) in [6.45, 7) is 1.47. The van der Waals surface area contributed by atoms with Gasteiger partial charge >= 0.3 is 0 Å². The van der Waals surface area contributed by atoms with E-state index < -0.39 is 0 Å². The number of amides is 1. The number of benzene rings is 1.